The molecular weight excluding hydrogens is 242 g/mol. The zero-order valence-corrected chi connectivity index (χ0v) is 11.7. The van der Waals surface area contributed by atoms with E-state index in [1.807, 2.05) is 11.8 Å². The van der Waals surface area contributed by atoms with Crippen LogP contribution >= 0.6 is 11.8 Å². The smallest absolute Gasteiger partial charge is 0.188 e. The molecule has 0 amide bonds. The zero-order chi connectivity index (χ0) is 12.8. The Hall–Kier alpha value is -1.16. The topological polar surface area (TPSA) is 50.4 Å². The first-order chi connectivity index (χ1) is 8.74. The number of hydrogen-bond donors (Lipinski definition) is 2. The Bertz CT molecular complexity index is 399. The van der Waals surface area contributed by atoms with Crippen LogP contribution in [0.1, 0.15) is 26.2 Å². The molecule has 1 aromatic rings. The van der Waals surface area contributed by atoms with Crippen LogP contribution in [0.25, 0.3) is 0 Å². The fourth-order valence-corrected chi connectivity index (χ4v) is 2.94. The number of aliphatic imine (C=N–C) groups is 1. The molecule has 0 heterocycles. The van der Waals surface area contributed by atoms with Crippen LogP contribution in [-0.4, -0.2) is 23.8 Å². The van der Waals surface area contributed by atoms with Crippen molar-refractivity contribution in [1.82, 2.24) is 5.32 Å². The molecule has 0 bridgehead atoms. The molecule has 0 aromatic heterocycles. The lowest BCUT2D eigenvalue weighted by Gasteiger charge is -2.12. The first-order valence-electron chi connectivity index (χ1n) is 6.52. The Morgan fingerprint density at radius 1 is 1.39 bits per heavy atom. The minimum absolute atomic E-state index is 0.292. The number of benzene rings is 1. The van der Waals surface area contributed by atoms with E-state index in [1.165, 1.54) is 17.7 Å². The molecule has 1 aliphatic rings. The van der Waals surface area contributed by atoms with Crippen molar-refractivity contribution < 1.29 is 0 Å². The second-order valence-corrected chi connectivity index (χ2v) is 6.27. The molecule has 0 atom stereocenters. The third-order valence-corrected chi connectivity index (χ3v) is 4.46. The molecule has 4 heteroatoms. The van der Waals surface area contributed by atoms with Crippen molar-refractivity contribution >= 4 is 17.7 Å². The van der Waals surface area contributed by atoms with E-state index in [4.69, 9.17) is 5.73 Å². The van der Waals surface area contributed by atoms with Gasteiger partial charge in [-0.2, -0.15) is 0 Å². The zero-order valence-electron chi connectivity index (χ0n) is 10.9. The summed E-state index contributed by atoms with van der Waals surface area (Å²) in [7, 11) is 0. The lowest BCUT2D eigenvalue weighted by molar-refractivity contribution is 0.815. The monoisotopic (exact) mass is 263 g/mol. The van der Waals surface area contributed by atoms with E-state index in [9.17, 15) is 0 Å². The molecule has 0 aliphatic heterocycles. The van der Waals surface area contributed by atoms with Gasteiger partial charge in [0.2, 0.25) is 0 Å². The van der Waals surface area contributed by atoms with Crippen molar-refractivity contribution in [2.75, 3.05) is 13.1 Å². The van der Waals surface area contributed by atoms with Gasteiger partial charge >= 0.3 is 0 Å². The van der Waals surface area contributed by atoms with Crippen LogP contribution in [0, 0.1) is 0 Å². The van der Waals surface area contributed by atoms with Crippen LogP contribution in [0.2, 0.25) is 0 Å². The molecule has 18 heavy (non-hydrogen) atoms. The Morgan fingerprint density at radius 3 is 2.72 bits per heavy atom. The van der Waals surface area contributed by atoms with Crippen molar-refractivity contribution in [3.05, 3.63) is 30.3 Å². The van der Waals surface area contributed by atoms with Gasteiger partial charge in [0.15, 0.2) is 5.96 Å². The summed E-state index contributed by atoms with van der Waals surface area (Å²) in [5.74, 6) is 0.580. The number of thioether (sulfide) groups is 1. The average molecular weight is 263 g/mol. The van der Waals surface area contributed by atoms with Gasteiger partial charge in [0.05, 0.1) is 6.54 Å². The molecule has 3 nitrogen and oxygen atoms in total. The highest BCUT2D eigenvalue weighted by Gasteiger charge is 2.43. The molecule has 1 aromatic carbocycles. The van der Waals surface area contributed by atoms with E-state index < -0.39 is 0 Å². The molecule has 1 aliphatic carbocycles. The first kappa shape index (κ1) is 13.3. The number of rotatable bonds is 6. The van der Waals surface area contributed by atoms with E-state index >= 15 is 0 Å². The van der Waals surface area contributed by atoms with Gasteiger partial charge in [0, 0.05) is 16.2 Å². The van der Waals surface area contributed by atoms with E-state index in [0.717, 1.165) is 19.5 Å². The van der Waals surface area contributed by atoms with Gasteiger partial charge < -0.3 is 11.1 Å². The lowest BCUT2D eigenvalue weighted by atomic mass is 10.4. The van der Waals surface area contributed by atoms with Gasteiger partial charge in [-0.3, -0.25) is 4.99 Å². The van der Waals surface area contributed by atoms with Crippen LogP contribution in [0.15, 0.2) is 40.2 Å². The average Bonchev–Trinajstić information content (AvgIpc) is 3.15. The number of hydrogen-bond acceptors (Lipinski definition) is 2. The summed E-state index contributed by atoms with van der Waals surface area (Å²) >= 11 is 1.93. The highest BCUT2D eigenvalue weighted by molar-refractivity contribution is 8.01. The molecule has 0 saturated heterocycles. The van der Waals surface area contributed by atoms with Crippen molar-refractivity contribution in [3.63, 3.8) is 0 Å². The molecule has 98 valence electrons. The summed E-state index contributed by atoms with van der Waals surface area (Å²) in [5, 5.41) is 3.12. The number of guanidine groups is 1. The summed E-state index contributed by atoms with van der Waals surface area (Å²) in [6, 6.07) is 10.5. The molecule has 0 radical (unpaired) electrons. The second-order valence-electron chi connectivity index (χ2n) is 4.73. The molecule has 1 saturated carbocycles. The minimum Gasteiger partial charge on any atom is -0.370 e. The van der Waals surface area contributed by atoms with Gasteiger partial charge in [0.1, 0.15) is 0 Å². The Kier molecular flexibility index (Phi) is 4.53. The van der Waals surface area contributed by atoms with E-state index in [0.29, 0.717) is 10.7 Å². The number of nitrogens with zero attached hydrogens (tertiary/aromatic N) is 1. The van der Waals surface area contributed by atoms with Crippen LogP contribution in [0.4, 0.5) is 0 Å². The summed E-state index contributed by atoms with van der Waals surface area (Å²) in [6.45, 7) is 3.83. The Morgan fingerprint density at radius 2 is 2.11 bits per heavy atom. The van der Waals surface area contributed by atoms with Gasteiger partial charge in [-0.25, -0.2) is 0 Å². The Balaban J connectivity index is 1.85. The quantitative estimate of drug-likeness (QED) is 0.613. The predicted octanol–water partition coefficient (Wildman–Crippen LogP) is 2.63. The molecule has 2 rings (SSSR count). The molecular formula is C14H21N3S. The maximum atomic E-state index is 5.82. The molecule has 1 fully saturated rings. The van der Waals surface area contributed by atoms with Gasteiger partial charge in [-0.05, 0) is 31.4 Å². The lowest BCUT2D eigenvalue weighted by Crippen LogP contribution is -2.33. The minimum atomic E-state index is 0.292. The van der Waals surface area contributed by atoms with Crippen molar-refractivity contribution in [2.45, 2.75) is 35.8 Å². The van der Waals surface area contributed by atoms with E-state index in [2.05, 4.69) is 47.6 Å². The third kappa shape index (κ3) is 3.95. The summed E-state index contributed by atoms with van der Waals surface area (Å²) in [5.41, 5.74) is 5.82. The molecule has 3 N–H and O–H groups in total. The maximum absolute atomic E-state index is 5.82. The third-order valence-electron chi connectivity index (χ3n) is 2.98. The van der Waals surface area contributed by atoms with Crippen LogP contribution in [0.5, 0.6) is 0 Å². The van der Waals surface area contributed by atoms with Crippen molar-refractivity contribution in [2.24, 2.45) is 10.7 Å². The number of nitrogens with one attached hydrogen (secondary N) is 1. The summed E-state index contributed by atoms with van der Waals surface area (Å²) < 4.78 is 0.292. The highest BCUT2D eigenvalue weighted by Crippen LogP contribution is 2.51. The largest absolute Gasteiger partial charge is 0.370 e. The fraction of sp³-hybridized carbons (Fsp3) is 0.500. The van der Waals surface area contributed by atoms with E-state index in [-0.39, 0.29) is 0 Å². The predicted molar refractivity (Wildman–Crippen MR) is 79.0 cm³/mol. The maximum Gasteiger partial charge on any atom is 0.188 e. The van der Waals surface area contributed by atoms with Crippen LogP contribution < -0.4 is 11.1 Å². The number of nitrogens with two attached hydrogens (primary N) is 1. The summed E-state index contributed by atoms with van der Waals surface area (Å²) in [4.78, 5) is 5.78. The molecule has 0 unspecified atom stereocenters. The molecule has 0 spiro atoms. The summed E-state index contributed by atoms with van der Waals surface area (Å²) in [6.07, 6.45) is 3.54. The van der Waals surface area contributed by atoms with Gasteiger partial charge in [0.25, 0.3) is 0 Å². The van der Waals surface area contributed by atoms with Crippen molar-refractivity contribution in [1.29, 1.82) is 0 Å². The first-order valence-corrected chi connectivity index (χ1v) is 7.34. The Labute approximate surface area is 113 Å². The standard InChI is InChI=1S/C14H21N3S/c1-2-10-16-13(15)17-11-14(8-9-14)18-12-6-4-3-5-7-12/h3-7H,2,8-11H2,1H3,(H3,15,16,17). The van der Waals surface area contributed by atoms with E-state index in [1.54, 1.807) is 0 Å². The normalized spacial score (nSPS) is 17.5. The van der Waals surface area contributed by atoms with Crippen LogP contribution in [0.3, 0.4) is 0 Å². The van der Waals surface area contributed by atoms with Gasteiger partial charge in [-0.15, -0.1) is 11.8 Å². The fourth-order valence-electron chi connectivity index (χ4n) is 1.71. The SMILES string of the molecule is CCCNC(N)=NCC1(Sc2ccccc2)CC1. The van der Waals surface area contributed by atoms with Crippen LogP contribution in [-0.2, 0) is 0 Å². The highest BCUT2D eigenvalue weighted by atomic mass is 32.2. The second kappa shape index (κ2) is 6.14. The van der Waals surface area contributed by atoms with Gasteiger partial charge in [-0.1, -0.05) is 25.1 Å². The van der Waals surface area contributed by atoms with Crippen molar-refractivity contribution in [3.8, 4) is 0 Å².